The first-order valence-electron chi connectivity index (χ1n) is 6.18. The van der Waals surface area contributed by atoms with Crippen molar-refractivity contribution in [1.82, 2.24) is 0 Å². The Balaban J connectivity index is 2.30. The third-order valence-corrected chi connectivity index (χ3v) is 5.09. The third kappa shape index (κ3) is 1.58. The maximum atomic E-state index is 3.82. The highest BCUT2D eigenvalue weighted by Gasteiger charge is 2.36. The van der Waals surface area contributed by atoms with Gasteiger partial charge in [-0.05, 0) is 16.7 Å². The number of rotatable bonds is 1. The number of hydrogen-bond acceptors (Lipinski definition) is 0. The van der Waals surface area contributed by atoms with Crippen LogP contribution in [0.2, 0.25) is 0 Å². The summed E-state index contributed by atoms with van der Waals surface area (Å²) in [5.74, 6) is 0. The molecule has 0 nitrogen and oxygen atoms in total. The zero-order valence-electron chi connectivity index (χ0n) is 10.6. The van der Waals surface area contributed by atoms with E-state index in [-0.39, 0.29) is 5.41 Å². The van der Waals surface area contributed by atoms with Crippen molar-refractivity contribution in [2.75, 3.05) is 0 Å². The molecule has 3 rings (SSSR count). The molecule has 2 aromatic rings. The van der Waals surface area contributed by atoms with Crippen LogP contribution in [0.5, 0.6) is 0 Å². The Labute approximate surface area is 116 Å². The van der Waals surface area contributed by atoms with Crippen molar-refractivity contribution < 1.29 is 0 Å². The molecule has 2 aromatic carbocycles. The van der Waals surface area contributed by atoms with E-state index in [1.54, 1.807) is 0 Å². The summed E-state index contributed by atoms with van der Waals surface area (Å²) in [5.41, 5.74) is 5.41. The van der Waals surface area contributed by atoms with Gasteiger partial charge in [-0.3, -0.25) is 0 Å². The number of benzene rings is 2. The summed E-state index contributed by atoms with van der Waals surface area (Å²) in [7, 11) is 0. The van der Waals surface area contributed by atoms with Gasteiger partial charge in [0.15, 0.2) is 0 Å². The van der Waals surface area contributed by atoms with E-state index >= 15 is 0 Å². The van der Waals surface area contributed by atoms with E-state index in [1.807, 2.05) is 0 Å². The summed E-state index contributed by atoms with van der Waals surface area (Å²) < 4.78 is 1.28. The Morgan fingerprint density at radius 1 is 0.833 bits per heavy atom. The van der Waals surface area contributed by atoms with Gasteiger partial charge in [0.2, 0.25) is 0 Å². The van der Waals surface area contributed by atoms with E-state index in [4.69, 9.17) is 0 Å². The lowest BCUT2D eigenvalue weighted by atomic mass is 9.87. The van der Waals surface area contributed by atoms with Crippen molar-refractivity contribution in [3.8, 4) is 0 Å². The molecule has 1 aliphatic rings. The second kappa shape index (κ2) is 4.10. The smallest absolute Gasteiger partial charge is 0.0225 e. The van der Waals surface area contributed by atoms with E-state index in [9.17, 15) is 0 Å². The fourth-order valence-electron chi connectivity index (χ4n) is 2.68. The lowest BCUT2D eigenvalue weighted by molar-refractivity contribution is 0.674. The molecule has 0 fully saturated rings. The summed E-state index contributed by atoms with van der Waals surface area (Å²) in [5, 5.41) is 0. The van der Waals surface area contributed by atoms with E-state index in [2.05, 4.69) is 84.4 Å². The topological polar surface area (TPSA) is 0 Å². The maximum Gasteiger partial charge on any atom is 0.0225 e. The standard InChI is InChI=1S/C17H15Br/c1-17(2)14-11-7-6-10-13(14)15(16(17)18)12-8-4-3-5-9-12/h3-11H,1-2H3. The van der Waals surface area contributed by atoms with E-state index in [0.717, 1.165) is 0 Å². The number of allylic oxidation sites excluding steroid dienone is 1. The predicted molar refractivity (Wildman–Crippen MR) is 80.9 cm³/mol. The van der Waals surface area contributed by atoms with Crippen molar-refractivity contribution in [1.29, 1.82) is 0 Å². The zero-order valence-corrected chi connectivity index (χ0v) is 12.2. The van der Waals surface area contributed by atoms with Crippen molar-refractivity contribution in [2.45, 2.75) is 19.3 Å². The van der Waals surface area contributed by atoms with Crippen LogP contribution in [0.1, 0.15) is 30.5 Å². The van der Waals surface area contributed by atoms with Crippen LogP contribution in [0, 0.1) is 0 Å². The third-order valence-electron chi connectivity index (χ3n) is 3.70. The molecule has 0 unspecified atom stereocenters. The molecule has 0 atom stereocenters. The van der Waals surface area contributed by atoms with Crippen molar-refractivity contribution in [3.05, 3.63) is 75.8 Å². The van der Waals surface area contributed by atoms with Gasteiger partial charge in [-0.2, -0.15) is 0 Å². The number of halogens is 1. The molecule has 0 saturated carbocycles. The van der Waals surface area contributed by atoms with Gasteiger partial charge in [-0.1, -0.05) is 84.4 Å². The summed E-state index contributed by atoms with van der Waals surface area (Å²) >= 11 is 3.82. The second-order valence-electron chi connectivity index (χ2n) is 5.23. The van der Waals surface area contributed by atoms with Crippen LogP contribution < -0.4 is 0 Å². The molecule has 0 heterocycles. The fraction of sp³-hybridized carbons (Fsp3) is 0.176. The lowest BCUT2D eigenvalue weighted by Crippen LogP contribution is -2.13. The molecular formula is C17H15Br. The molecule has 0 spiro atoms. The SMILES string of the molecule is CC1(C)C(Br)=C(c2ccccc2)c2ccccc21. The molecule has 0 saturated heterocycles. The molecule has 0 aliphatic heterocycles. The average molecular weight is 299 g/mol. The summed E-state index contributed by atoms with van der Waals surface area (Å²) in [6.45, 7) is 4.54. The van der Waals surface area contributed by atoms with Crippen molar-refractivity contribution in [2.24, 2.45) is 0 Å². The van der Waals surface area contributed by atoms with Gasteiger partial charge in [0, 0.05) is 15.5 Å². The van der Waals surface area contributed by atoms with Crippen LogP contribution in [-0.4, -0.2) is 0 Å². The summed E-state index contributed by atoms with van der Waals surface area (Å²) in [4.78, 5) is 0. The first kappa shape index (κ1) is 11.7. The van der Waals surface area contributed by atoms with Gasteiger partial charge in [0.25, 0.3) is 0 Å². The first-order chi connectivity index (χ1) is 8.62. The van der Waals surface area contributed by atoms with Crippen LogP contribution in [-0.2, 0) is 5.41 Å². The first-order valence-corrected chi connectivity index (χ1v) is 6.97. The minimum Gasteiger partial charge on any atom is -0.0622 e. The molecule has 1 aliphatic carbocycles. The van der Waals surface area contributed by atoms with Crippen LogP contribution in [0.3, 0.4) is 0 Å². The maximum absolute atomic E-state index is 3.82. The Kier molecular flexibility index (Phi) is 2.67. The average Bonchev–Trinajstić information content (AvgIpc) is 2.60. The molecular weight excluding hydrogens is 284 g/mol. The highest BCUT2D eigenvalue weighted by atomic mass is 79.9. The minimum absolute atomic E-state index is 0.0573. The van der Waals surface area contributed by atoms with Crippen LogP contribution in [0.4, 0.5) is 0 Å². The minimum atomic E-state index is 0.0573. The normalized spacial score (nSPS) is 16.8. The zero-order chi connectivity index (χ0) is 12.8. The monoisotopic (exact) mass is 298 g/mol. The molecule has 0 amide bonds. The van der Waals surface area contributed by atoms with Crippen molar-refractivity contribution in [3.63, 3.8) is 0 Å². The summed E-state index contributed by atoms with van der Waals surface area (Å²) in [6, 6.07) is 19.3. The van der Waals surface area contributed by atoms with Gasteiger partial charge in [-0.15, -0.1) is 0 Å². The van der Waals surface area contributed by atoms with E-state index in [0.29, 0.717) is 0 Å². The Hall–Kier alpha value is -1.34. The highest BCUT2D eigenvalue weighted by Crippen LogP contribution is 2.50. The van der Waals surface area contributed by atoms with Crippen molar-refractivity contribution >= 4 is 21.5 Å². The van der Waals surface area contributed by atoms with Gasteiger partial charge < -0.3 is 0 Å². The lowest BCUT2D eigenvalue weighted by Gasteiger charge is -2.20. The Bertz CT molecular complexity index is 621. The molecule has 0 N–H and O–H groups in total. The van der Waals surface area contributed by atoms with E-state index in [1.165, 1.54) is 26.7 Å². The van der Waals surface area contributed by atoms with Gasteiger partial charge >= 0.3 is 0 Å². The van der Waals surface area contributed by atoms with Gasteiger partial charge in [0.1, 0.15) is 0 Å². The molecule has 0 bridgehead atoms. The number of fused-ring (bicyclic) bond motifs is 1. The van der Waals surface area contributed by atoms with E-state index < -0.39 is 0 Å². The van der Waals surface area contributed by atoms with Crippen LogP contribution in [0.15, 0.2) is 59.1 Å². The van der Waals surface area contributed by atoms with Crippen LogP contribution in [0.25, 0.3) is 5.57 Å². The molecule has 0 radical (unpaired) electrons. The summed E-state index contributed by atoms with van der Waals surface area (Å²) in [6.07, 6.45) is 0. The molecule has 1 heteroatoms. The molecule has 90 valence electrons. The van der Waals surface area contributed by atoms with Gasteiger partial charge in [0.05, 0.1) is 0 Å². The Morgan fingerprint density at radius 2 is 1.44 bits per heavy atom. The fourth-order valence-corrected chi connectivity index (χ4v) is 3.34. The Morgan fingerprint density at radius 3 is 2.17 bits per heavy atom. The van der Waals surface area contributed by atoms with Gasteiger partial charge in [-0.25, -0.2) is 0 Å². The molecule has 18 heavy (non-hydrogen) atoms. The quantitative estimate of drug-likeness (QED) is 0.684. The predicted octanol–water partition coefficient (Wildman–Crippen LogP) is 5.13. The number of hydrogen-bond donors (Lipinski definition) is 0. The molecule has 0 aromatic heterocycles. The van der Waals surface area contributed by atoms with Crippen LogP contribution >= 0.6 is 15.9 Å². The second-order valence-corrected chi connectivity index (χ2v) is 6.02. The largest absolute Gasteiger partial charge is 0.0622 e. The highest BCUT2D eigenvalue weighted by molar-refractivity contribution is 9.12.